The minimum Gasteiger partial charge on any atom is -0.456 e. The molecule has 1 aromatic carbocycles. The summed E-state index contributed by atoms with van der Waals surface area (Å²) in [6.07, 6.45) is 6.21. The first-order valence-electron chi connectivity index (χ1n) is 8.59. The molecule has 1 spiro atoms. The molecular weight excluding hydrogens is 352 g/mol. The van der Waals surface area contributed by atoms with E-state index in [0.29, 0.717) is 0 Å². The van der Waals surface area contributed by atoms with Crippen LogP contribution in [-0.4, -0.2) is 34.8 Å². The molecule has 0 amide bonds. The second-order valence-corrected chi connectivity index (χ2v) is 9.22. The van der Waals surface area contributed by atoms with Crippen molar-refractivity contribution in [2.75, 3.05) is 18.6 Å². The normalized spacial score (nSPS) is 23.6. The summed E-state index contributed by atoms with van der Waals surface area (Å²) in [5.41, 5.74) is 2.01. The average Bonchev–Trinajstić information content (AvgIpc) is 2.65. The molecule has 25 heavy (non-hydrogen) atoms. The molecule has 1 aliphatic carbocycles. The van der Waals surface area contributed by atoms with Crippen molar-refractivity contribution in [3.8, 4) is 0 Å². The molecule has 0 unspecified atom stereocenters. The summed E-state index contributed by atoms with van der Waals surface area (Å²) in [6, 6.07) is 9.47. The molecule has 5 heteroatoms. The minimum atomic E-state index is -0.684. The molecule has 3 rings (SSSR count). The van der Waals surface area contributed by atoms with Crippen molar-refractivity contribution in [1.29, 1.82) is 0 Å². The van der Waals surface area contributed by atoms with Crippen LogP contribution in [0, 0.1) is 0 Å². The number of hydrogen-bond acceptors (Lipinski definition) is 5. The van der Waals surface area contributed by atoms with Crippen LogP contribution in [0.15, 0.2) is 54.6 Å². The van der Waals surface area contributed by atoms with Crippen molar-refractivity contribution in [1.82, 2.24) is 0 Å². The third-order valence-electron chi connectivity index (χ3n) is 4.56. The van der Waals surface area contributed by atoms with Crippen LogP contribution in [0.1, 0.15) is 30.9 Å². The molecule has 2 atom stereocenters. The molecule has 3 nitrogen and oxygen atoms in total. The zero-order valence-corrected chi connectivity index (χ0v) is 16.1. The number of allylic oxidation sites excluding steroid dienone is 1. The predicted octanol–water partition coefficient (Wildman–Crippen LogP) is 4.76. The Bertz CT molecular complexity index is 636. The van der Waals surface area contributed by atoms with Gasteiger partial charge in [0.25, 0.3) is 0 Å². The van der Waals surface area contributed by atoms with Crippen LogP contribution in [0.2, 0.25) is 0 Å². The van der Waals surface area contributed by atoms with E-state index in [1.54, 1.807) is 0 Å². The second kappa shape index (κ2) is 8.47. The van der Waals surface area contributed by atoms with Gasteiger partial charge in [0.15, 0.2) is 6.10 Å². The molecule has 0 aromatic heterocycles. The Balaban J connectivity index is 1.71. The summed E-state index contributed by atoms with van der Waals surface area (Å²) < 4.78 is 11.2. The molecule has 1 fully saturated rings. The van der Waals surface area contributed by atoms with Gasteiger partial charge in [-0.15, -0.1) is 23.5 Å². The van der Waals surface area contributed by atoms with Gasteiger partial charge >= 0.3 is 5.97 Å². The number of thioether (sulfide) groups is 2. The molecule has 134 valence electrons. The molecule has 1 saturated heterocycles. The molecule has 1 heterocycles. The van der Waals surface area contributed by atoms with Gasteiger partial charge in [0.05, 0.1) is 4.08 Å². The van der Waals surface area contributed by atoms with E-state index in [1.165, 1.54) is 30.6 Å². The number of methoxy groups -OCH3 is 1. The van der Waals surface area contributed by atoms with Crippen molar-refractivity contribution in [3.05, 3.63) is 60.2 Å². The van der Waals surface area contributed by atoms with Gasteiger partial charge in [0, 0.05) is 7.11 Å². The van der Waals surface area contributed by atoms with Crippen LogP contribution in [0.4, 0.5) is 0 Å². The molecule has 0 N–H and O–H groups in total. The standard InChI is InChI=1S/C20H24O3S2/c1-3-16-14-17(10-11-20(16)24-12-7-13-25-20)23-19(21)18(22-2)15-8-5-4-6-9-15/h3-6,8-9,14,17-18H,1,7,10-13H2,2H3/t17-,18-/m0/s1. The third kappa shape index (κ3) is 4.15. The number of hydrogen-bond donors (Lipinski definition) is 0. The number of esters is 1. The summed E-state index contributed by atoms with van der Waals surface area (Å²) in [7, 11) is 1.54. The summed E-state index contributed by atoms with van der Waals surface area (Å²) in [5.74, 6) is 2.03. The summed E-state index contributed by atoms with van der Waals surface area (Å²) in [5, 5.41) is 0. The topological polar surface area (TPSA) is 35.5 Å². The Hall–Kier alpha value is -1.17. The Morgan fingerprint density at radius 3 is 2.68 bits per heavy atom. The van der Waals surface area contributed by atoms with Crippen LogP contribution in [0.3, 0.4) is 0 Å². The van der Waals surface area contributed by atoms with E-state index < -0.39 is 6.10 Å². The smallest absolute Gasteiger partial charge is 0.340 e. The second-order valence-electron chi connectivity index (χ2n) is 6.17. The highest BCUT2D eigenvalue weighted by Gasteiger charge is 2.40. The lowest BCUT2D eigenvalue weighted by atomic mass is 9.96. The molecule has 1 aliphatic heterocycles. The Labute approximate surface area is 158 Å². The minimum absolute atomic E-state index is 0.100. The first kappa shape index (κ1) is 18.6. The molecule has 1 aromatic rings. The van der Waals surface area contributed by atoms with Gasteiger partial charge in [-0.2, -0.15) is 0 Å². The predicted molar refractivity (Wildman–Crippen MR) is 106 cm³/mol. The SMILES string of the molecule is C=CC1=C[C@@H](OC(=O)[C@@H](OC)c2ccccc2)CCC12SCCCS2. The zero-order chi connectivity index (χ0) is 17.7. The lowest BCUT2D eigenvalue weighted by Gasteiger charge is -2.41. The first-order chi connectivity index (χ1) is 12.2. The van der Waals surface area contributed by atoms with E-state index in [2.05, 4.69) is 12.7 Å². The van der Waals surface area contributed by atoms with Gasteiger partial charge < -0.3 is 9.47 Å². The third-order valence-corrected chi connectivity index (χ3v) is 8.07. The summed E-state index contributed by atoms with van der Waals surface area (Å²) in [4.78, 5) is 12.6. The Morgan fingerprint density at radius 2 is 2.04 bits per heavy atom. The quantitative estimate of drug-likeness (QED) is 0.693. The first-order valence-corrected chi connectivity index (χ1v) is 10.6. The van der Waals surface area contributed by atoms with Gasteiger partial charge in [0.2, 0.25) is 0 Å². The van der Waals surface area contributed by atoms with Crippen LogP contribution in [0.5, 0.6) is 0 Å². The van der Waals surface area contributed by atoms with Crippen LogP contribution in [0.25, 0.3) is 0 Å². The Kier molecular flexibility index (Phi) is 6.31. The fraction of sp³-hybridized carbons (Fsp3) is 0.450. The maximum Gasteiger partial charge on any atom is 0.340 e. The molecular formula is C20H24O3S2. The van der Waals surface area contributed by atoms with Crippen molar-refractivity contribution < 1.29 is 14.3 Å². The van der Waals surface area contributed by atoms with E-state index in [-0.39, 0.29) is 16.2 Å². The van der Waals surface area contributed by atoms with Crippen molar-refractivity contribution in [2.24, 2.45) is 0 Å². The fourth-order valence-electron chi connectivity index (χ4n) is 3.30. The van der Waals surface area contributed by atoms with Gasteiger partial charge in [-0.05, 0) is 48.0 Å². The van der Waals surface area contributed by atoms with Crippen molar-refractivity contribution >= 4 is 29.5 Å². The van der Waals surface area contributed by atoms with E-state index in [4.69, 9.17) is 9.47 Å². The number of carbonyl (C=O) groups excluding carboxylic acids is 1. The largest absolute Gasteiger partial charge is 0.456 e. The highest BCUT2D eigenvalue weighted by Crippen LogP contribution is 2.53. The molecule has 0 saturated carbocycles. The molecule has 2 aliphatic rings. The zero-order valence-electron chi connectivity index (χ0n) is 14.5. The maximum absolute atomic E-state index is 12.6. The lowest BCUT2D eigenvalue weighted by molar-refractivity contribution is -0.159. The van der Waals surface area contributed by atoms with Crippen molar-refractivity contribution in [2.45, 2.75) is 35.5 Å². The number of ether oxygens (including phenoxy) is 2. The Morgan fingerprint density at radius 1 is 1.32 bits per heavy atom. The van der Waals surface area contributed by atoms with Gasteiger partial charge in [-0.3, -0.25) is 0 Å². The lowest BCUT2D eigenvalue weighted by Crippen LogP contribution is -2.35. The number of carbonyl (C=O) groups is 1. The van der Waals surface area contributed by atoms with Crippen LogP contribution >= 0.6 is 23.5 Å². The number of benzene rings is 1. The van der Waals surface area contributed by atoms with Crippen LogP contribution < -0.4 is 0 Å². The monoisotopic (exact) mass is 376 g/mol. The van der Waals surface area contributed by atoms with Crippen LogP contribution in [-0.2, 0) is 14.3 Å². The number of rotatable bonds is 5. The van der Waals surface area contributed by atoms with Gasteiger partial charge in [-0.25, -0.2) is 4.79 Å². The van der Waals surface area contributed by atoms with E-state index >= 15 is 0 Å². The molecule has 0 bridgehead atoms. The maximum atomic E-state index is 12.6. The van der Waals surface area contributed by atoms with E-state index in [9.17, 15) is 4.79 Å². The van der Waals surface area contributed by atoms with Crippen molar-refractivity contribution in [3.63, 3.8) is 0 Å². The highest BCUT2D eigenvalue weighted by atomic mass is 32.2. The molecule has 0 radical (unpaired) electrons. The fourth-order valence-corrected chi connectivity index (χ4v) is 6.71. The summed E-state index contributed by atoms with van der Waals surface area (Å²) in [6.45, 7) is 3.99. The van der Waals surface area contributed by atoms with Gasteiger partial charge in [-0.1, -0.05) is 43.0 Å². The van der Waals surface area contributed by atoms with E-state index in [0.717, 1.165) is 18.4 Å². The summed E-state index contributed by atoms with van der Waals surface area (Å²) >= 11 is 4.01. The average molecular weight is 377 g/mol. The van der Waals surface area contributed by atoms with E-state index in [1.807, 2.05) is 59.9 Å². The van der Waals surface area contributed by atoms with Gasteiger partial charge in [0.1, 0.15) is 6.10 Å². The highest BCUT2D eigenvalue weighted by molar-refractivity contribution is 8.19.